The molecule has 1 atom stereocenters. The summed E-state index contributed by atoms with van der Waals surface area (Å²) in [6.45, 7) is 1.89. The lowest BCUT2D eigenvalue weighted by molar-refractivity contribution is -0.118. The Balaban J connectivity index is 1.76. The zero-order chi connectivity index (χ0) is 13.2. The van der Waals surface area contributed by atoms with Crippen LogP contribution in [0.5, 0.6) is 0 Å². The van der Waals surface area contributed by atoms with Crippen molar-refractivity contribution in [3.05, 3.63) is 24.3 Å². The molecule has 1 heterocycles. The highest BCUT2D eigenvalue weighted by atomic mass is 16.1. The summed E-state index contributed by atoms with van der Waals surface area (Å²) in [5, 5.41) is 4.27. The van der Waals surface area contributed by atoms with Gasteiger partial charge in [-0.1, -0.05) is 12.1 Å². The second kappa shape index (κ2) is 4.84. The molecule has 1 fully saturated rings. The van der Waals surface area contributed by atoms with Crippen LogP contribution < -0.4 is 5.43 Å². The predicted octanol–water partition coefficient (Wildman–Crippen LogP) is 2.72. The molecule has 2 aromatic rings. The van der Waals surface area contributed by atoms with E-state index in [0.717, 1.165) is 29.6 Å². The minimum atomic E-state index is -0.0168. The van der Waals surface area contributed by atoms with Gasteiger partial charge in [-0.2, -0.15) is 5.10 Å². The maximum atomic E-state index is 11.6. The molecule has 0 saturated heterocycles. The summed E-state index contributed by atoms with van der Waals surface area (Å²) in [5.41, 5.74) is 5.60. The average Bonchev–Trinajstić information content (AvgIpc) is 3.01. The first-order valence-electron chi connectivity index (χ1n) is 6.52. The number of rotatable bonds is 3. The van der Waals surface area contributed by atoms with Crippen LogP contribution in [0, 0.1) is 5.92 Å². The van der Waals surface area contributed by atoms with E-state index in [9.17, 15) is 4.79 Å². The van der Waals surface area contributed by atoms with Gasteiger partial charge in [0.15, 0.2) is 0 Å². The van der Waals surface area contributed by atoms with Gasteiger partial charge < -0.3 is 4.98 Å². The smallest absolute Gasteiger partial charge is 0.222 e. The molecule has 5 nitrogen and oxygen atoms in total. The number of anilines is 1. The fourth-order valence-corrected chi connectivity index (χ4v) is 2.48. The molecule has 1 aliphatic carbocycles. The Morgan fingerprint density at radius 2 is 2.32 bits per heavy atom. The summed E-state index contributed by atoms with van der Waals surface area (Å²) < 4.78 is 0. The van der Waals surface area contributed by atoms with Gasteiger partial charge >= 0.3 is 0 Å². The van der Waals surface area contributed by atoms with Gasteiger partial charge in [-0.15, -0.1) is 0 Å². The molecule has 1 aromatic carbocycles. The summed E-state index contributed by atoms with van der Waals surface area (Å²) in [6, 6.07) is 7.80. The van der Waals surface area contributed by atoms with Crippen LogP contribution in [-0.4, -0.2) is 21.5 Å². The van der Waals surface area contributed by atoms with Crippen LogP contribution in [0.3, 0.4) is 0 Å². The Kier molecular flexibility index (Phi) is 3.03. The summed E-state index contributed by atoms with van der Waals surface area (Å²) >= 11 is 0. The first kappa shape index (κ1) is 11.9. The molecule has 5 heteroatoms. The number of ketones is 1. The lowest BCUT2D eigenvalue weighted by Gasteiger charge is -2.06. The van der Waals surface area contributed by atoms with Gasteiger partial charge in [0.25, 0.3) is 0 Å². The molecule has 19 heavy (non-hydrogen) atoms. The second-order valence-electron chi connectivity index (χ2n) is 4.88. The molecule has 0 aliphatic heterocycles. The highest BCUT2D eigenvalue weighted by Crippen LogP contribution is 2.22. The van der Waals surface area contributed by atoms with Crippen molar-refractivity contribution < 1.29 is 4.79 Å². The van der Waals surface area contributed by atoms with Crippen molar-refractivity contribution in [2.45, 2.75) is 26.2 Å². The molecule has 0 spiro atoms. The van der Waals surface area contributed by atoms with Crippen LogP contribution >= 0.6 is 0 Å². The number of aromatic amines is 1. The number of hydrogen-bond acceptors (Lipinski definition) is 4. The number of hydrazone groups is 1. The molecule has 98 valence electrons. The van der Waals surface area contributed by atoms with E-state index in [0.29, 0.717) is 18.2 Å². The summed E-state index contributed by atoms with van der Waals surface area (Å²) in [6.07, 6.45) is 2.57. The van der Waals surface area contributed by atoms with Crippen molar-refractivity contribution in [1.82, 2.24) is 9.97 Å². The van der Waals surface area contributed by atoms with Crippen molar-refractivity contribution in [3.63, 3.8) is 0 Å². The van der Waals surface area contributed by atoms with Crippen molar-refractivity contribution in [1.29, 1.82) is 0 Å². The topological polar surface area (TPSA) is 70.1 Å². The molecule has 0 amide bonds. The van der Waals surface area contributed by atoms with Crippen molar-refractivity contribution >= 4 is 28.5 Å². The largest absolute Gasteiger partial charge is 0.323 e. The number of imidazole rings is 1. The van der Waals surface area contributed by atoms with Crippen LogP contribution in [0.25, 0.3) is 11.0 Å². The van der Waals surface area contributed by atoms with E-state index in [4.69, 9.17) is 0 Å². The van der Waals surface area contributed by atoms with E-state index in [1.165, 1.54) is 0 Å². The minimum Gasteiger partial charge on any atom is -0.323 e. The fourth-order valence-electron chi connectivity index (χ4n) is 2.48. The number of Topliss-reactive ketones (excluding diaryl/α,β-unsaturated/α-hetero) is 1. The Hall–Kier alpha value is -2.17. The third-order valence-electron chi connectivity index (χ3n) is 3.54. The number of para-hydroxylation sites is 2. The van der Waals surface area contributed by atoms with Crippen molar-refractivity contribution in [3.8, 4) is 0 Å². The van der Waals surface area contributed by atoms with E-state index >= 15 is 0 Å². The van der Waals surface area contributed by atoms with E-state index in [-0.39, 0.29) is 5.92 Å². The molecule has 3 rings (SSSR count). The number of fused-ring (bicyclic) bond motifs is 1. The van der Waals surface area contributed by atoms with Crippen molar-refractivity contribution in [2.24, 2.45) is 11.0 Å². The molecule has 0 radical (unpaired) electrons. The maximum Gasteiger partial charge on any atom is 0.222 e. The third-order valence-corrected chi connectivity index (χ3v) is 3.54. The lowest BCUT2D eigenvalue weighted by Crippen LogP contribution is -2.17. The standard InChI is InChI=1S/C14H16N4O/c1-9(10-5-4-8-13(10)19)17-18-14-15-11-6-2-3-7-12(11)16-14/h2-3,6-7,10H,4-5,8H2,1H3,(H2,15,16,18)/b17-9-/t10-/m0/s1. The van der Waals surface area contributed by atoms with E-state index < -0.39 is 0 Å². The van der Waals surface area contributed by atoms with Crippen LogP contribution in [-0.2, 0) is 4.79 Å². The minimum absolute atomic E-state index is 0.0168. The van der Waals surface area contributed by atoms with Gasteiger partial charge in [0.2, 0.25) is 5.95 Å². The fraction of sp³-hybridized carbons (Fsp3) is 0.357. The first-order chi connectivity index (χ1) is 9.24. The van der Waals surface area contributed by atoms with Crippen LogP contribution in [0.2, 0.25) is 0 Å². The number of nitrogens with one attached hydrogen (secondary N) is 2. The van der Waals surface area contributed by atoms with Gasteiger partial charge in [-0.05, 0) is 31.9 Å². The Morgan fingerprint density at radius 1 is 1.47 bits per heavy atom. The Bertz CT molecular complexity index is 611. The average molecular weight is 256 g/mol. The number of H-pyrrole nitrogens is 1. The highest BCUT2D eigenvalue weighted by molar-refractivity contribution is 6.05. The summed E-state index contributed by atoms with van der Waals surface area (Å²) in [7, 11) is 0. The van der Waals surface area contributed by atoms with Gasteiger partial charge in [-0.25, -0.2) is 10.4 Å². The molecular formula is C14H16N4O. The van der Waals surface area contributed by atoms with Gasteiger partial charge in [0, 0.05) is 12.1 Å². The van der Waals surface area contributed by atoms with Crippen molar-refractivity contribution in [2.75, 3.05) is 5.43 Å². The quantitative estimate of drug-likeness (QED) is 0.655. The summed E-state index contributed by atoms with van der Waals surface area (Å²) in [5.74, 6) is 0.885. The third kappa shape index (κ3) is 2.36. The van der Waals surface area contributed by atoms with Crippen LogP contribution in [0.1, 0.15) is 26.2 Å². The number of carbonyl (C=O) groups is 1. The van der Waals surface area contributed by atoms with E-state index in [2.05, 4.69) is 20.5 Å². The zero-order valence-electron chi connectivity index (χ0n) is 10.8. The van der Waals surface area contributed by atoms with Gasteiger partial charge in [0.05, 0.1) is 17.0 Å². The highest BCUT2D eigenvalue weighted by Gasteiger charge is 2.26. The number of hydrogen-bond donors (Lipinski definition) is 2. The predicted molar refractivity (Wildman–Crippen MR) is 75.2 cm³/mol. The summed E-state index contributed by atoms with van der Waals surface area (Å²) in [4.78, 5) is 19.1. The molecule has 2 N–H and O–H groups in total. The van der Waals surface area contributed by atoms with Crippen LogP contribution in [0.4, 0.5) is 5.95 Å². The number of aromatic nitrogens is 2. The second-order valence-corrected chi connectivity index (χ2v) is 4.88. The number of nitrogens with zero attached hydrogens (tertiary/aromatic N) is 2. The maximum absolute atomic E-state index is 11.6. The monoisotopic (exact) mass is 256 g/mol. The van der Waals surface area contributed by atoms with E-state index in [1.807, 2.05) is 31.2 Å². The SMILES string of the molecule is C/C(=N/Nc1nc2ccccc2[nH]1)[C@@H]1CCCC1=O. The molecule has 1 saturated carbocycles. The molecule has 1 aromatic heterocycles. The molecular weight excluding hydrogens is 240 g/mol. The molecule has 0 bridgehead atoms. The Labute approximate surface area is 111 Å². The zero-order valence-corrected chi connectivity index (χ0v) is 10.8. The van der Waals surface area contributed by atoms with Gasteiger partial charge in [-0.3, -0.25) is 4.79 Å². The number of carbonyl (C=O) groups excluding carboxylic acids is 1. The van der Waals surface area contributed by atoms with E-state index in [1.54, 1.807) is 0 Å². The lowest BCUT2D eigenvalue weighted by atomic mass is 10.0. The first-order valence-corrected chi connectivity index (χ1v) is 6.52. The number of benzene rings is 1. The normalized spacial score (nSPS) is 20.2. The molecule has 1 aliphatic rings. The van der Waals surface area contributed by atoms with Gasteiger partial charge in [0.1, 0.15) is 5.78 Å². The molecule has 0 unspecified atom stereocenters. The Morgan fingerprint density at radius 3 is 3.05 bits per heavy atom. The van der Waals surface area contributed by atoms with Crippen LogP contribution in [0.15, 0.2) is 29.4 Å².